The Balaban J connectivity index is 1.75. The monoisotopic (exact) mass is 462 g/mol. The predicted octanol–water partition coefficient (Wildman–Crippen LogP) is 5.81. The highest BCUT2D eigenvalue weighted by atomic mass is 19.4. The number of ether oxygens (including phenoxy) is 2. The quantitative estimate of drug-likeness (QED) is 0.528. The molecule has 0 aromatic heterocycles. The van der Waals surface area contributed by atoms with Crippen molar-refractivity contribution in [3.05, 3.63) is 70.8 Å². The molecule has 0 amide bonds. The van der Waals surface area contributed by atoms with Gasteiger partial charge in [0.1, 0.15) is 0 Å². The number of aliphatic hydroxyl groups excluding tert-OH is 1. The Morgan fingerprint density at radius 2 is 1.56 bits per heavy atom. The molecule has 1 saturated heterocycles. The minimum absolute atomic E-state index is 0.00876. The lowest BCUT2D eigenvalue weighted by atomic mass is 9.80. The van der Waals surface area contributed by atoms with Crippen molar-refractivity contribution in [3.8, 4) is 0 Å². The largest absolute Gasteiger partial charge is 0.416 e. The van der Waals surface area contributed by atoms with Crippen molar-refractivity contribution in [2.75, 3.05) is 19.8 Å². The fourth-order valence-electron chi connectivity index (χ4n) is 4.04. The summed E-state index contributed by atoms with van der Waals surface area (Å²) in [6.45, 7) is 0.268. The van der Waals surface area contributed by atoms with Crippen LogP contribution in [-0.2, 0) is 28.2 Å². The molecular formula is C23H24F6O3. The van der Waals surface area contributed by atoms with Gasteiger partial charge in [-0.05, 0) is 54.5 Å². The van der Waals surface area contributed by atoms with Crippen LogP contribution in [0.5, 0.6) is 0 Å². The topological polar surface area (TPSA) is 38.7 Å². The normalized spacial score (nSPS) is 22.2. The standard InChI is InChI=1S/C23H24F6O3/c24-22(25,26)18-12-15(13-19(14-18)23(27,28)29)7-10-31-21-20(16-4-2-1-3-5-16)17(6-9-30)8-11-32-21/h1-5,12-14,17,20-21,30H,6-11H2/t17-,20+,21+/m1/s1. The van der Waals surface area contributed by atoms with Gasteiger partial charge in [-0.3, -0.25) is 0 Å². The Morgan fingerprint density at radius 3 is 2.12 bits per heavy atom. The van der Waals surface area contributed by atoms with E-state index in [-0.39, 0.29) is 43.1 Å². The van der Waals surface area contributed by atoms with Gasteiger partial charge in [0.2, 0.25) is 0 Å². The van der Waals surface area contributed by atoms with Gasteiger partial charge >= 0.3 is 12.4 Å². The number of benzene rings is 2. The molecule has 2 aromatic rings. The zero-order valence-electron chi connectivity index (χ0n) is 17.1. The first kappa shape index (κ1) is 24.5. The molecule has 0 aliphatic carbocycles. The van der Waals surface area contributed by atoms with Gasteiger partial charge in [-0.1, -0.05) is 30.3 Å². The van der Waals surface area contributed by atoms with Crippen molar-refractivity contribution >= 4 is 0 Å². The second kappa shape index (κ2) is 10.2. The van der Waals surface area contributed by atoms with Gasteiger partial charge in [-0.25, -0.2) is 0 Å². The molecule has 3 rings (SSSR count). The molecule has 0 unspecified atom stereocenters. The summed E-state index contributed by atoms with van der Waals surface area (Å²) >= 11 is 0. The molecule has 32 heavy (non-hydrogen) atoms. The van der Waals surface area contributed by atoms with E-state index in [2.05, 4.69) is 0 Å². The van der Waals surface area contributed by atoms with E-state index in [4.69, 9.17) is 9.47 Å². The Bertz CT molecular complexity index is 832. The van der Waals surface area contributed by atoms with Crippen molar-refractivity contribution in [1.82, 2.24) is 0 Å². The van der Waals surface area contributed by atoms with E-state index in [0.717, 1.165) is 5.56 Å². The number of aliphatic hydroxyl groups is 1. The van der Waals surface area contributed by atoms with Gasteiger partial charge < -0.3 is 14.6 Å². The van der Waals surface area contributed by atoms with Crippen molar-refractivity contribution in [2.24, 2.45) is 5.92 Å². The molecular weight excluding hydrogens is 438 g/mol. The minimum atomic E-state index is -4.89. The van der Waals surface area contributed by atoms with Crippen LogP contribution < -0.4 is 0 Å². The molecule has 3 atom stereocenters. The number of halogens is 6. The zero-order valence-corrected chi connectivity index (χ0v) is 17.1. The van der Waals surface area contributed by atoms with Gasteiger partial charge in [0, 0.05) is 12.5 Å². The van der Waals surface area contributed by atoms with E-state index in [1.807, 2.05) is 30.3 Å². The molecule has 0 radical (unpaired) electrons. The van der Waals surface area contributed by atoms with Crippen LogP contribution in [-0.4, -0.2) is 31.2 Å². The summed E-state index contributed by atoms with van der Waals surface area (Å²) < 4.78 is 90.0. The van der Waals surface area contributed by atoms with Crippen molar-refractivity contribution in [3.63, 3.8) is 0 Å². The van der Waals surface area contributed by atoms with E-state index in [9.17, 15) is 31.4 Å². The molecule has 0 saturated carbocycles. The second-order valence-electron chi connectivity index (χ2n) is 7.77. The van der Waals surface area contributed by atoms with E-state index in [0.29, 0.717) is 31.6 Å². The molecule has 0 spiro atoms. The highest BCUT2D eigenvalue weighted by molar-refractivity contribution is 5.33. The van der Waals surface area contributed by atoms with E-state index in [1.165, 1.54) is 0 Å². The molecule has 1 aliphatic heterocycles. The zero-order chi connectivity index (χ0) is 23.4. The van der Waals surface area contributed by atoms with E-state index < -0.39 is 29.8 Å². The third-order valence-electron chi connectivity index (χ3n) is 5.58. The van der Waals surface area contributed by atoms with Gasteiger partial charge in [-0.15, -0.1) is 0 Å². The highest BCUT2D eigenvalue weighted by Gasteiger charge is 2.38. The molecule has 9 heteroatoms. The van der Waals surface area contributed by atoms with Crippen LogP contribution in [0.4, 0.5) is 26.3 Å². The van der Waals surface area contributed by atoms with E-state index in [1.54, 1.807) is 0 Å². The third kappa shape index (κ3) is 6.24. The molecule has 1 aliphatic rings. The van der Waals surface area contributed by atoms with Crippen LogP contribution in [0, 0.1) is 5.92 Å². The lowest BCUT2D eigenvalue weighted by Gasteiger charge is -2.38. The predicted molar refractivity (Wildman–Crippen MR) is 105 cm³/mol. The molecule has 1 heterocycles. The highest BCUT2D eigenvalue weighted by Crippen LogP contribution is 2.39. The average Bonchev–Trinajstić information content (AvgIpc) is 2.73. The Morgan fingerprint density at radius 1 is 0.938 bits per heavy atom. The van der Waals surface area contributed by atoms with Gasteiger partial charge in [-0.2, -0.15) is 26.3 Å². The summed E-state index contributed by atoms with van der Waals surface area (Å²) in [4.78, 5) is 0. The molecule has 2 aromatic carbocycles. The maximum atomic E-state index is 13.1. The molecule has 3 nitrogen and oxygen atoms in total. The molecule has 1 fully saturated rings. The first-order chi connectivity index (χ1) is 15.1. The van der Waals surface area contributed by atoms with Crippen LogP contribution in [0.1, 0.15) is 41.0 Å². The SMILES string of the molecule is OCC[C@@H]1CCO[C@H](OCCc2cc(C(F)(F)F)cc(C(F)(F)F)c2)[C@H]1c1ccccc1. The Labute approximate surface area is 182 Å². The number of alkyl halides is 6. The van der Waals surface area contributed by atoms with Gasteiger partial charge in [0.25, 0.3) is 0 Å². The number of hydrogen-bond donors (Lipinski definition) is 1. The minimum Gasteiger partial charge on any atom is -0.396 e. The number of hydrogen-bond acceptors (Lipinski definition) is 3. The Hall–Kier alpha value is -2.10. The van der Waals surface area contributed by atoms with Crippen LogP contribution in [0.3, 0.4) is 0 Å². The first-order valence-electron chi connectivity index (χ1n) is 10.3. The maximum absolute atomic E-state index is 13.1. The fraction of sp³-hybridized carbons (Fsp3) is 0.478. The summed E-state index contributed by atoms with van der Waals surface area (Å²) in [5.74, 6) is -0.129. The van der Waals surface area contributed by atoms with Crippen molar-refractivity contribution in [2.45, 2.75) is 43.8 Å². The summed E-state index contributed by atoms with van der Waals surface area (Å²) in [5.41, 5.74) is -1.87. The molecule has 0 bridgehead atoms. The number of rotatable bonds is 7. The second-order valence-corrected chi connectivity index (χ2v) is 7.77. The van der Waals surface area contributed by atoms with Crippen LogP contribution in [0.2, 0.25) is 0 Å². The maximum Gasteiger partial charge on any atom is 0.416 e. The lowest BCUT2D eigenvalue weighted by molar-refractivity contribution is -0.188. The average molecular weight is 462 g/mol. The third-order valence-corrected chi connectivity index (χ3v) is 5.58. The smallest absolute Gasteiger partial charge is 0.396 e. The lowest BCUT2D eigenvalue weighted by Crippen LogP contribution is -2.37. The summed E-state index contributed by atoms with van der Waals surface area (Å²) in [6.07, 6.45) is -9.39. The van der Waals surface area contributed by atoms with Gasteiger partial charge in [0.05, 0.1) is 24.3 Å². The first-order valence-corrected chi connectivity index (χ1v) is 10.3. The van der Waals surface area contributed by atoms with E-state index >= 15 is 0 Å². The van der Waals surface area contributed by atoms with Crippen molar-refractivity contribution < 1.29 is 40.9 Å². The molecule has 176 valence electrons. The van der Waals surface area contributed by atoms with Crippen LogP contribution in [0.15, 0.2) is 48.5 Å². The summed E-state index contributed by atoms with van der Waals surface area (Å²) in [6, 6.07) is 10.9. The summed E-state index contributed by atoms with van der Waals surface area (Å²) in [5, 5.41) is 9.41. The summed E-state index contributed by atoms with van der Waals surface area (Å²) in [7, 11) is 0. The van der Waals surface area contributed by atoms with Crippen molar-refractivity contribution in [1.29, 1.82) is 0 Å². The van der Waals surface area contributed by atoms with Crippen LogP contribution >= 0.6 is 0 Å². The Kier molecular flexibility index (Phi) is 7.84. The van der Waals surface area contributed by atoms with Gasteiger partial charge in [0.15, 0.2) is 6.29 Å². The fourth-order valence-corrected chi connectivity index (χ4v) is 4.04. The molecule has 1 N–H and O–H groups in total. The van der Waals surface area contributed by atoms with Crippen LogP contribution in [0.25, 0.3) is 0 Å².